The van der Waals surface area contributed by atoms with Crippen LogP contribution in [0, 0.1) is 0 Å². The Balaban J connectivity index is 2.65. The van der Waals surface area contributed by atoms with E-state index in [-0.39, 0.29) is 10.7 Å². The van der Waals surface area contributed by atoms with Gasteiger partial charge in [-0.1, -0.05) is 21.1 Å². The summed E-state index contributed by atoms with van der Waals surface area (Å²) >= 11 is 3.19. The zero-order valence-corrected chi connectivity index (χ0v) is 9.71. The Bertz CT molecular complexity index is 594. The summed E-state index contributed by atoms with van der Waals surface area (Å²) < 4.78 is 5.50. The average molecular weight is 301 g/mol. The first kappa shape index (κ1) is 11.4. The number of rotatable bonds is 1. The van der Waals surface area contributed by atoms with Gasteiger partial charge in [0.1, 0.15) is 0 Å². The van der Waals surface area contributed by atoms with Gasteiger partial charge in [-0.15, -0.1) is 0 Å². The maximum atomic E-state index is 10.8. The van der Waals surface area contributed by atoms with E-state index in [1.807, 2.05) is 0 Å². The predicted molar refractivity (Wildman–Crippen MR) is 60.2 cm³/mol. The third-order valence-corrected chi connectivity index (χ3v) is 2.50. The zero-order valence-electron chi connectivity index (χ0n) is 8.12. The first-order valence-electron chi connectivity index (χ1n) is 4.31. The maximum absolute atomic E-state index is 10.8. The molecule has 1 aromatic carbocycles. The molecule has 0 aliphatic heterocycles. The number of amides is 2. The van der Waals surface area contributed by atoms with E-state index in [2.05, 4.69) is 21.1 Å². The molecule has 0 spiro atoms. The van der Waals surface area contributed by atoms with Gasteiger partial charge in [0.2, 0.25) is 0 Å². The Morgan fingerprint density at radius 3 is 2.53 bits per heavy atom. The van der Waals surface area contributed by atoms with E-state index in [9.17, 15) is 9.59 Å². The number of carboxylic acid groups (broad SMARTS) is 2. The SMILES string of the molecule is O=C(O)N(C(=O)O)c1noc2ccc(Br)cc12. The molecule has 2 rings (SSSR count). The average Bonchev–Trinajstić information content (AvgIpc) is 2.60. The van der Waals surface area contributed by atoms with Gasteiger partial charge in [0.25, 0.3) is 0 Å². The van der Waals surface area contributed by atoms with E-state index in [1.165, 1.54) is 6.07 Å². The summed E-state index contributed by atoms with van der Waals surface area (Å²) in [5.41, 5.74) is 0.302. The smallest absolute Gasteiger partial charge is 0.422 e. The lowest BCUT2D eigenvalue weighted by Gasteiger charge is -2.09. The Morgan fingerprint density at radius 1 is 1.29 bits per heavy atom. The van der Waals surface area contributed by atoms with Gasteiger partial charge in [-0.05, 0) is 18.2 Å². The lowest BCUT2D eigenvalue weighted by molar-refractivity contribution is 0.183. The second kappa shape index (κ2) is 4.06. The Hall–Kier alpha value is -2.09. The molecule has 1 heterocycles. The molecule has 88 valence electrons. The number of fused-ring (bicyclic) bond motifs is 1. The number of carbonyl (C=O) groups is 2. The minimum absolute atomic E-state index is 0.0955. The molecule has 0 atom stereocenters. The second-order valence-electron chi connectivity index (χ2n) is 3.05. The number of imide groups is 1. The number of halogens is 1. The van der Waals surface area contributed by atoms with Crippen LogP contribution in [0.1, 0.15) is 0 Å². The van der Waals surface area contributed by atoms with Gasteiger partial charge in [0.05, 0.1) is 5.39 Å². The third kappa shape index (κ3) is 1.94. The van der Waals surface area contributed by atoms with Crippen molar-refractivity contribution >= 4 is 44.9 Å². The van der Waals surface area contributed by atoms with Crippen molar-refractivity contribution in [2.45, 2.75) is 0 Å². The van der Waals surface area contributed by atoms with Crippen LogP contribution >= 0.6 is 15.9 Å². The van der Waals surface area contributed by atoms with Crippen LogP contribution in [0.25, 0.3) is 11.0 Å². The van der Waals surface area contributed by atoms with Gasteiger partial charge >= 0.3 is 12.2 Å². The van der Waals surface area contributed by atoms with Crippen LogP contribution in [0.3, 0.4) is 0 Å². The van der Waals surface area contributed by atoms with Gasteiger partial charge in [-0.25, -0.2) is 9.59 Å². The molecule has 0 radical (unpaired) electrons. The van der Waals surface area contributed by atoms with Gasteiger partial charge < -0.3 is 14.7 Å². The lowest BCUT2D eigenvalue weighted by atomic mass is 10.2. The van der Waals surface area contributed by atoms with Crippen LogP contribution in [0.5, 0.6) is 0 Å². The first-order valence-corrected chi connectivity index (χ1v) is 5.11. The maximum Gasteiger partial charge on any atom is 0.422 e. The van der Waals surface area contributed by atoms with Crippen LogP contribution in [0.15, 0.2) is 27.2 Å². The summed E-state index contributed by atoms with van der Waals surface area (Å²) in [6, 6.07) is 4.75. The molecule has 2 N–H and O–H groups in total. The highest BCUT2D eigenvalue weighted by Crippen LogP contribution is 2.28. The monoisotopic (exact) mass is 300 g/mol. The molecular formula is C9H5BrN2O5. The van der Waals surface area contributed by atoms with Crippen LogP contribution in [-0.4, -0.2) is 27.6 Å². The van der Waals surface area contributed by atoms with Gasteiger partial charge in [0, 0.05) is 4.47 Å². The summed E-state index contributed by atoms with van der Waals surface area (Å²) in [5.74, 6) is -0.277. The van der Waals surface area contributed by atoms with Gasteiger partial charge in [-0.3, -0.25) is 0 Å². The van der Waals surface area contributed by atoms with Crippen molar-refractivity contribution in [2.75, 3.05) is 4.90 Å². The summed E-state index contributed by atoms with van der Waals surface area (Å²) in [5, 5.41) is 21.3. The highest BCUT2D eigenvalue weighted by atomic mass is 79.9. The van der Waals surface area contributed by atoms with Crippen molar-refractivity contribution in [3.05, 3.63) is 22.7 Å². The molecule has 2 aromatic rings. The lowest BCUT2D eigenvalue weighted by Crippen LogP contribution is -2.34. The molecule has 0 aliphatic carbocycles. The second-order valence-corrected chi connectivity index (χ2v) is 3.96. The fraction of sp³-hybridized carbons (Fsp3) is 0. The van der Waals surface area contributed by atoms with Crippen molar-refractivity contribution in [1.29, 1.82) is 0 Å². The number of aromatic nitrogens is 1. The van der Waals surface area contributed by atoms with Crippen LogP contribution < -0.4 is 4.90 Å². The summed E-state index contributed by atoms with van der Waals surface area (Å²) in [4.78, 5) is 21.7. The van der Waals surface area contributed by atoms with Crippen molar-refractivity contribution in [3.8, 4) is 0 Å². The van der Waals surface area contributed by atoms with Crippen molar-refractivity contribution in [1.82, 2.24) is 5.16 Å². The Kier molecular flexibility index (Phi) is 2.72. The quantitative estimate of drug-likeness (QED) is 0.839. The molecule has 0 saturated carbocycles. The molecule has 8 heteroatoms. The van der Waals surface area contributed by atoms with Crippen molar-refractivity contribution in [3.63, 3.8) is 0 Å². The Labute approximate surface area is 102 Å². The standard InChI is InChI=1S/C9H5BrN2O5/c10-4-1-2-6-5(3-4)7(11-17-6)12(8(13)14)9(15)16/h1-3H,(H,13,14)(H,15,16). The summed E-state index contributed by atoms with van der Waals surface area (Å²) in [7, 11) is 0. The molecule has 7 nitrogen and oxygen atoms in total. The fourth-order valence-electron chi connectivity index (χ4n) is 1.32. The van der Waals surface area contributed by atoms with E-state index < -0.39 is 12.2 Å². The highest BCUT2D eigenvalue weighted by molar-refractivity contribution is 9.10. The van der Waals surface area contributed by atoms with Crippen LogP contribution in [-0.2, 0) is 0 Å². The molecule has 0 aliphatic rings. The number of hydrogen-bond donors (Lipinski definition) is 2. The molecule has 0 bridgehead atoms. The third-order valence-electron chi connectivity index (χ3n) is 2.01. The van der Waals surface area contributed by atoms with Crippen LogP contribution in [0.4, 0.5) is 15.4 Å². The van der Waals surface area contributed by atoms with E-state index in [0.29, 0.717) is 15.4 Å². The predicted octanol–water partition coefficient (Wildman–Crippen LogP) is 2.75. The summed E-state index contributed by atoms with van der Waals surface area (Å²) in [6.45, 7) is 0. The minimum Gasteiger partial charge on any atom is -0.464 e. The normalized spacial score (nSPS) is 10.4. The largest absolute Gasteiger partial charge is 0.464 e. The van der Waals surface area contributed by atoms with Crippen LogP contribution in [0.2, 0.25) is 0 Å². The molecule has 0 saturated heterocycles. The summed E-state index contributed by atoms with van der Waals surface area (Å²) in [6.07, 6.45) is -3.29. The first-order chi connectivity index (χ1) is 8.00. The van der Waals surface area contributed by atoms with Gasteiger partial charge in [-0.2, -0.15) is 4.90 Å². The molecule has 0 fully saturated rings. The number of nitrogens with zero attached hydrogens (tertiary/aromatic N) is 2. The molecular weight excluding hydrogens is 296 g/mol. The van der Waals surface area contributed by atoms with E-state index >= 15 is 0 Å². The van der Waals surface area contributed by atoms with E-state index in [1.54, 1.807) is 12.1 Å². The minimum atomic E-state index is -1.65. The Morgan fingerprint density at radius 2 is 1.94 bits per heavy atom. The molecule has 17 heavy (non-hydrogen) atoms. The van der Waals surface area contributed by atoms with Crippen molar-refractivity contribution in [2.24, 2.45) is 0 Å². The number of anilines is 1. The number of hydrogen-bond acceptors (Lipinski definition) is 4. The molecule has 1 aromatic heterocycles. The molecule has 2 amide bonds. The highest BCUT2D eigenvalue weighted by Gasteiger charge is 2.27. The fourth-order valence-corrected chi connectivity index (χ4v) is 1.68. The number of benzene rings is 1. The molecule has 0 unspecified atom stereocenters. The van der Waals surface area contributed by atoms with E-state index in [0.717, 1.165) is 0 Å². The van der Waals surface area contributed by atoms with Crippen molar-refractivity contribution < 1.29 is 24.3 Å². The van der Waals surface area contributed by atoms with Gasteiger partial charge in [0.15, 0.2) is 11.4 Å². The van der Waals surface area contributed by atoms with E-state index in [4.69, 9.17) is 14.7 Å². The zero-order chi connectivity index (χ0) is 12.6. The topological polar surface area (TPSA) is 104 Å².